The maximum absolute atomic E-state index is 7.74. The van der Waals surface area contributed by atoms with E-state index in [0.29, 0.717) is 5.46 Å². The van der Waals surface area contributed by atoms with Crippen molar-refractivity contribution in [3.8, 4) is 0 Å². The topological polar surface area (TPSA) is 23.4 Å². The smallest absolute Gasteiger partial charge is 0.399 e. The highest BCUT2D eigenvalue weighted by Gasteiger charge is 2.51. The lowest BCUT2D eigenvalue weighted by Crippen LogP contribution is -2.41. The van der Waals surface area contributed by atoms with E-state index >= 15 is 0 Å². The molecule has 16 heavy (non-hydrogen) atoms. The Morgan fingerprint density at radius 2 is 2.00 bits per heavy atom. The van der Waals surface area contributed by atoms with Crippen LogP contribution in [0.5, 0.6) is 0 Å². The molecule has 3 nitrogen and oxygen atoms in total. The largest absolute Gasteiger partial charge is 0.496 e. The molecule has 1 aromatic rings. The van der Waals surface area contributed by atoms with E-state index in [2.05, 4.69) is 0 Å². The third-order valence-corrected chi connectivity index (χ3v) is 3.37. The maximum Gasteiger partial charge on any atom is 0.496 e. The lowest BCUT2D eigenvalue weighted by Gasteiger charge is -2.32. The van der Waals surface area contributed by atoms with Gasteiger partial charge in [0, 0.05) is 31.2 Å². The lowest BCUT2D eigenvalue weighted by molar-refractivity contribution is 0.00578. The van der Waals surface area contributed by atoms with Gasteiger partial charge in [-0.3, -0.25) is 0 Å². The molecule has 1 aliphatic heterocycles. The van der Waals surface area contributed by atoms with Crippen molar-refractivity contribution in [2.45, 2.75) is 52.2 Å². The van der Waals surface area contributed by atoms with Gasteiger partial charge in [0.05, 0.1) is 11.2 Å². The number of hydrogen-bond donors (Lipinski definition) is 0. The molecule has 1 fully saturated rings. The van der Waals surface area contributed by atoms with Crippen molar-refractivity contribution >= 4 is 12.6 Å². The van der Waals surface area contributed by atoms with Gasteiger partial charge in [-0.25, -0.2) is 0 Å². The molecular formula is C12H20BNO2. The second-order valence-corrected chi connectivity index (χ2v) is 5.05. The van der Waals surface area contributed by atoms with E-state index in [1.165, 1.54) is 12.4 Å². The summed E-state index contributed by atoms with van der Waals surface area (Å²) in [7, 11) is -0.636. The first-order chi connectivity index (χ1) is 9.28. The minimum Gasteiger partial charge on any atom is -0.399 e. The first kappa shape index (κ1) is 6.87. The SMILES string of the molecule is [2H]C([2H])([2H])C([2H])([2H])n1ccc(B2OC(C)(C)C(C)(C)O2)c1. The summed E-state index contributed by atoms with van der Waals surface area (Å²) in [5, 5.41) is 0. The predicted molar refractivity (Wildman–Crippen MR) is 65.8 cm³/mol. The van der Waals surface area contributed by atoms with E-state index in [1.807, 2.05) is 27.7 Å². The van der Waals surface area contributed by atoms with Crippen LogP contribution in [-0.4, -0.2) is 22.9 Å². The lowest BCUT2D eigenvalue weighted by atomic mass is 9.81. The quantitative estimate of drug-likeness (QED) is 0.718. The molecule has 0 amide bonds. The number of aryl methyl sites for hydroxylation is 1. The number of aromatic nitrogens is 1. The molecule has 88 valence electrons. The van der Waals surface area contributed by atoms with Crippen molar-refractivity contribution < 1.29 is 16.2 Å². The summed E-state index contributed by atoms with van der Waals surface area (Å²) in [4.78, 5) is 0. The van der Waals surface area contributed by atoms with Gasteiger partial charge in [0.2, 0.25) is 0 Å². The zero-order chi connectivity index (χ0) is 16.3. The highest BCUT2D eigenvalue weighted by atomic mass is 16.7. The Kier molecular flexibility index (Phi) is 1.56. The normalized spacial score (nSPS) is 29.0. The summed E-state index contributed by atoms with van der Waals surface area (Å²) in [5.41, 5.74) is -0.396. The first-order valence-electron chi connectivity index (χ1n) is 7.82. The fourth-order valence-electron chi connectivity index (χ4n) is 1.60. The fourth-order valence-corrected chi connectivity index (χ4v) is 1.60. The third kappa shape index (κ3) is 1.80. The van der Waals surface area contributed by atoms with Gasteiger partial charge in [-0.05, 0) is 40.6 Å². The van der Waals surface area contributed by atoms with Gasteiger partial charge < -0.3 is 13.9 Å². The van der Waals surface area contributed by atoms with Gasteiger partial charge in [0.15, 0.2) is 0 Å². The van der Waals surface area contributed by atoms with E-state index in [4.69, 9.17) is 16.2 Å². The van der Waals surface area contributed by atoms with Gasteiger partial charge in [-0.2, -0.15) is 0 Å². The molecule has 1 aliphatic rings. The van der Waals surface area contributed by atoms with Crippen LogP contribution in [0.2, 0.25) is 0 Å². The van der Waals surface area contributed by atoms with E-state index in [-0.39, 0.29) is 0 Å². The molecule has 0 radical (unpaired) electrons. The monoisotopic (exact) mass is 226 g/mol. The zero-order valence-electron chi connectivity index (χ0n) is 15.1. The molecule has 0 bridgehead atoms. The van der Waals surface area contributed by atoms with E-state index in [1.54, 1.807) is 6.07 Å². The van der Waals surface area contributed by atoms with E-state index in [0.717, 1.165) is 4.57 Å². The number of nitrogens with zero attached hydrogens (tertiary/aromatic N) is 1. The van der Waals surface area contributed by atoms with E-state index < -0.39 is 31.7 Å². The highest BCUT2D eigenvalue weighted by Crippen LogP contribution is 2.36. The molecule has 2 heterocycles. The zero-order valence-corrected chi connectivity index (χ0v) is 10.1. The summed E-state index contributed by atoms with van der Waals surface area (Å²) in [5.74, 6) is 0. The second-order valence-electron chi connectivity index (χ2n) is 5.05. The van der Waals surface area contributed by atoms with Gasteiger partial charge in [-0.1, -0.05) is 0 Å². The van der Waals surface area contributed by atoms with Crippen LogP contribution in [0.4, 0.5) is 0 Å². The minimum absolute atomic E-state index is 0.497. The highest BCUT2D eigenvalue weighted by molar-refractivity contribution is 6.62. The number of rotatable bonds is 2. The molecule has 0 unspecified atom stereocenters. The molecule has 1 aromatic heterocycles. The Labute approximate surface area is 105 Å². The van der Waals surface area contributed by atoms with Gasteiger partial charge in [0.1, 0.15) is 0 Å². The Morgan fingerprint density at radius 3 is 2.56 bits per heavy atom. The molecule has 1 saturated heterocycles. The summed E-state index contributed by atoms with van der Waals surface area (Å²) < 4.78 is 50.1. The van der Waals surface area contributed by atoms with Crippen molar-refractivity contribution in [1.29, 1.82) is 0 Å². The van der Waals surface area contributed by atoms with Crippen LogP contribution in [0.25, 0.3) is 0 Å². The Bertz CT molecular complexity index is 522. The van der Waals surface area contributed by atoms with Gasteiger partial charge in [0.25, 0.3) is 0 Å². The van der Waals surface area contributed by atoms with E-state index in [9.17, 15) is 0 Å². The fraction of sp³-hybridized carbons (Fsp3) is 0.667. The first-order valence-corrected chi connectivity index (χ1v) is 5.32. The maximum atomic E-state index is 7.74. The molecule has 4 heteroatoms. The molecule has 0 N–H and O–H groups in total. The Hall–Kier alpha value is -0.735. The summed E-state index contributed by atoms with van der Waals surface area (Å²) in [6, 6.07) is 1.62. The number of hydrogen-bond acceptors (Lipinski definition) is 2. The summed E-state index contributed by atoms with van der Waals surface area (Å²) in [6.07, 6.45) is 2.82. The van der Waals surface area contributed by atoms with Crippen molar-refractivity contribution in [2.75, 3.05) is 0 Å². The Morgan fingerprint density at radius 1 is 1.38 bits per heavy atom. The van der Waals surface area contributed by atoms with Crippen molar-refractivity contribution in [1.82, 2.24) is 4.57 Å². The third-order valence-electron chi connectivity index (χ3n) is 3.37. The van der Waals surface area contributed by atoms with Crippen LogP contribution < -0.4 is 5.46 Å². The molecule has 0 atom stereocenters. The molecule has 0 aromatic carbocycles. The molecule has 0 spiro atoms. The van der Waals surface area contributed by atoms with Crippen LogP contribution in [0, 0.1) is 0 Å². The molecule has 2 rings (SSSR count). The van der Waals surface area contributed by atoms with Crippen LogP contribution in [0.15, 0.2) is 18.5 Å². The van der Waals surface area contributed by atoms with Crippen molar-refractivity contribution in [3.63, 3.8) is 0 Å². The average Bonchev–Trinajstić information content (AvgIpc) is 2.81. The summed E-state index contributed by atoms with van der Waals surface area (Å²) >= 11 is 0. The Balaban J connectivity index is 2.27. The predicted octanol–water partition coefficient (Wildman–Crippen LogP) is 1.81. The van der Waals surface area contributed by atoms with Crippen LogP contribution >= 0.6 is 0 Å². The second kappa shape index (κ2) is 3.64. The van der Waals surface area contributed by atoms with Crippen LogP contribution in [-0.2, 0) is 15.8 Å². The van der Waals surface area contributed by atoms with Crippen molar-refractivity contribution in [3.05, 3.63) is 18.5 Å². The van der Waals surface area contributed by atoms with Crippen LogP contribution in [0.3, 0.4) is 0 Å². The standard InChI is InChI=1S/C12H20BNO2/c1-6-14-8-7-10(9-14)13-15-11(2,3)12(4,5)16-13/h7-9H,6H2,1-5H3/i1D3,6D2. The molecule has 0 aliphatic carbocycles. The summed E-state index contributed by atoms with van der Waals surface area (Å²) in [6.45, 7) is 2.46. The minimum atomic E-state index is -2.75. The van der Waals surface area contributed by atoms with Gasteiger partial charge in [-0.15, -0.1) is 0 Å². The van der Waals surface area contributed by atoms with Gasteiger partial charge >= 0.3 is 7.12 Å². The average molecular weight is 226 g/mol. The molecule has 0 saturated carbocycles. The molecular weight excluding hydrogens is 201 g/mol. The van der Waals surface area contributed by atoms with Crippen LogP contribution in [0.1, 0.15) is 41.4 Å². The van der Waals surface area contributed by atoms with Crippen molar-refractivity contribution in [2.24, 2.45) is 0 Å².